The van der Waals surface area contributed by atoms with Gasteiger partial charge in [0, 0.05) is 24.7 Å². The number of hydrogen-bond acceptors (Lipinski definition) is 2. The summed E-state index contributed by atoms with van der Waals surface area (Å²) in [6.45, 7) is 9.48. The maximum absolute atomic E-state index is 3.60. The number of rotatable bonds is 5. The molecule has 0 bridgehead atoms. The van der Waals surface area contributed by atoms with Gasteiger partial charge in [0.1, 0.15) is 0 Å². The molecule has 1 heterocycles. The zero-order valence-electron chi connectivity index (χ0n) is 11.2. The molecule has 2 rings (SSSR count). The first kappa shape index (κ1) is 12.4. The molecule has 0 radical (unpaired) electrons. The molecular weight excluding hydrogens is 196 g/mol. The summed E-state index contributed by atoms with van der Waals surface area (Å²) in [4.78, 5) is 2.74. The SMILES string of the molecule is CCNC1CCN(C(C)CC2CC2)C(C)C1. The lowest BCUT2D eigenvalue weighted by atomic mass is 9.95. The highest BCUT2D eigenvalue weighted by Crippen LogP contribution is 2.35. The van der Waals surface area contributed by atoms with Crippen molar-refractivity contribution in [2.24, 2.45) is 5.92 Å². The maximum Gasteiger partial charge on any atom is 0.00939 e. The molecule has 0 aromatic heterocycles. The monoisotopic (exact) mass is 224 g/mol. The maximum atomic E-state index is 3.60. The van der Waals surface area contributed by atoms with E-state index in [1.807, 2.05) is 0 Å². The van der Waals surface area contributed by atoms with E-state index in [9.17, 15) is 0 Å². The largest absolute Gasteiger partial charge is 0.314 e. The first-order valence-corrected chi connectivity index (χ1v) is 7.19. The Hall–Kier alpha value is -0.0800. The second-order valence-corrected chi connectivity index (χ2v) is 5.89. The van der Waals surface area contributed by atoms with Crippen LogP contribution in [-0.4, -0.2) is 36.1 Å². The van der Waals surface area contributed by atoms with Crippen LogP contribution in [0.3, 0.4) is 0 Å². The molecule has 2 aliphatic rings. The molecule has 1 saturated heterocycles. The summed E-state index contributed by atoms with van der Waals surface area (Å²) in [5, 5.41) is 3.60. The first-order chi connectivity index (χ1) is 7.70. The molecule has 3 unspecified atom stereocenters. The lowest BCUT2D eigenvalue weighted by Crippen LogP contribution is -2.50. The van der Waals surface area contributed by atoms with Crippen LogP contribution >= 0.6 is 0 Å². The second kappa shape index (κ2) is 5.50. The summed E-state index contributed by atoms with van der Waals surface area (Å²) < 4.78 is 0. The minimum atomic E-state index is 0.768. The summed E-state index contributed by atoms with van der Waals surface area (Å²) in [7, 11) is 0. The van der Waals surface area contributed by atoms with E-state index in [0.29, 0.717) is 0 Å². The number of hydrogen-bond donors (Lipinski definition) is 1. The van der Waals surface area contributed by atoms with Crippen molar-refractivity contribution in [2.45, 2.75) is 71.0 Å². The molecule has 1 saturated carbocycles. The van der Waals surface area contributed by atoms with Crippen molar-refractivity contribution in [3.8, 4) is 0 Å². The Labute approximate surface area is 101 Å². The number of likely N-dealkylation sites (tertiary alicyclic amines) is 1. The molecule has 0 aromatic rings. The Kier molecular flexibility index (Phi) is 4.26. The summed E-state index contributed by atoms with van der Waals surface area (Å²) in [5.74, 6) is 1.06. The Balaban J connectivity index is 1.77. The highest BCUT2D eigenvalue weighted by atomic mass is 15.2. The summed E-state index contributed by atoms with van der Waals surface area (Å²) in [6.07, 6.45) is 7.10. The van der Waals surface area contributed by atoms with Gasteiger partial charge in [-0.25, -0.2) is 0 Å². The molecular formula is C14H28N2. The molecule has 16 heavy (non-hydrogen) atoms. The van der Waals surface area contributed by atoms with Crippen LogP contribution < -0.4 is 5.32 Å². The van der Waals surface area contributed by atoms with E-state index in [1.165, 1.54) is 38.6 Å². The Morgan fingerprint density at radius 3 is 2.62 bits per heavy atom. The van der Waals surface area contributed by atoms with Crippen LogP contribution in [0, 0.1) is 5.92 Å². The molecule has 2 heteroatoms. The van der Waals surface area contributed by atoms with E-state index in [4.69, 9.17) is 0 Å². The van der Waals surface area contributed by atoms with Gasteiger partial charge in [0.2, 0.25) is 0 Å². The van der Waals surface area contributed by atoms with Gasteiger partial charge < -0.3 is 5.32 Å². The lowest BCUT2D eigenvalue weighted by Gasteiger charge is -2.41. The Morgan fingerprint density at radius 2 is 2.06 bits per heavy atom. The fraction of sp³-hybridized carbons (Fsp3) is 1.00. The highest BCUT2D eigenvalue weighted by molar-refractivity contribution is 4.87. The molecule has 2 nitrogen and oxygen atoms in total. The molecule has 0 spiro atoms. The number of nitrogens with zero attached hydrogens (tertiary/aromatic N) is 1. The average molecular weight is 224 g/mol. The van der Waals surface area contributed by atoms with Crippen molar-refractivity contribution in [1.29, 1.82) is 0 Å². The molecule has 0 amide bonds. The second-order valence-electron chi connectivity index (χ2n) is 5.89. The topological polar surface area (TPSA) is 15.3 Å². The van der Waals surface area contributed by atoms with E-state index in [-0.39, 0.29) is 0 Å². The zero-order chi connectivity index (χ0) is 11.5. The minimum absolute atomic E-state index is 0.768. The Bertz CT molecular complexity index is 213. The van der Waals surface area contributed by atoms with Crippen molar-refractivity contribution in [2.75, 3.05) is 13.1 Å². The van der Waals surface area contributed by atoms with E-state index >= 15 is 0 Å². The molecule has 3 atom stereocenters. The quantitative estimate of drug-likeness (QED) is 0.772. The van der Waals surface area contributed by atoms with E-state index in [2.05, 4.69) is 31.0 Å². The molecule has 1 N–H and O–H groups in total. The van der Waals surface area contributed by atoms with Crippen molar-refractivity contribution in [3.05, 3.63) is 0 Å². The van der Waals surface area contributed by atoms with Crippen LogP contribution in [-0.2, 0) is 0 Å². The third kappa shape index (κ3) is 3.21. The number of nitrogens with one attached hydrogen (secondary N) is 1. The minimum Gasteiger partial charge on any atom is -0.314 e. The molecule has 1 aliphatic heterocycles. The van der Waals surface area contributed by atoms with Gasteiger partial charge >= 0.3 is 0 Å². The smallest absolute Gasteiger partial charge is 0.00939 e. The van der Waals surface area contributed by atoms with Gasteiger partial charge in [0.15, 0.2) is 0 Å². The number of piperidine rings is 1. The third-order valence-corrected chi connectivity index (χ3v) is 4.36. The average Bonchev–Trinajstić information content (AvgIpc) is 3.02. The summed E-state index contributed by atoms with van der Waals surface area (Å²) in [5.41, 5.74) is 0. The van der Waals surface area contributed by atoms with Gasteiger partial charge in [-0.2, -0.15) is 0 Å². The van der Waals surface area contributed by atoms with Crippen molar-refractivity contribution >= 4 is 0 Å². The molecule has 94 valence electrons. The highest BCUT2D eigenvalue weighted by Gasteiger charge is 2.31. The summed E-state index contributed by atoms with van der Waals surface area (Å²) >= 11 is 0. The Morgan fingerprint density at radius 1 is 1.31 bits per heavy atom. The van der Waals surface area contributed by atoms with Crippen molar-refractivity contribution in [1.82, 2.24) is 10.2 Å². The van der Waals surface area contributed by atoms with Crippen molar-refractivity contribution in [3.63, 3.8) is 0 Å². The van der Waals surface area contributed by atoms with Gasteiger partial charge in [0.05, 0.1) is 0 Å². The van der Waals surface area contributed by atoms with E-state index < -0.39 is 0 Å². The normalized spacial score (nSPS) is 33.9. The van der Waals surface area contributed by atoms with Crippen LogP contribution in [0.25, 0.3) is 0 Å². The molecule has 2 fully saturated rings. The van der Waals surface area contributed by atoms with Crippen LogP contribution in [0.4, 0.5) is 0 Å². The van der Waals surface area contributed by atoms with Crippen LogP contribution in [0.2, 0.25) is 0 Å². The fourth-order valence-corrected chi connectivity index (χ4v) is 3.29. The van der Waals surface area contributed by atoms with Gasteiger partial charge in [-0.3, -0.25) is 4.90 Å². The molecule has 1 aliphatic carbocycles. The molecule has 0 aromatic carbocycles. The van der Waals surface area contributed by atoms with Crippen LogP contribution in [0.15, 0.2) is 0 Å². The van der Waals surface area contributed by atoms with E-state index in [0.717, 1.165) is 30.6 Å². The van der Waals surface area contributed by atoms with E-state index in [1.54, 1.807) is 0 Å². The fourth-order valence-electron chi connectivity index (χ4n) is 3.29. The summed E-state index contributed by atoms with van der Waals surface area (Å²) in [6, 6.07) is 2.35. The van der Waals surface area contributed by atoms with Crippen LogP contribution in [0.1, 0.15) is 52.9 Å². The third-order valence-electron chi connectivity index (χ3n) is 4.36. The van der Waals surface area contributed by atoms with Gasteiger partial charge in [-0.1, -0.05) is 19.8 Å². The van der Waals surface area contributed by atoms with Gasteiger partial charge in [-0.05, 0) is 45.6 Å². The van der Waals surface area contributed by atoms with Crippen LogP contribution in [0.5, 0.6) is 0 Å². The predicted molar refractivity (Wildman–Crippen MR) is 69.7 cm³/mol. The van der Waals surface area contributed by atoms with Crippen molar-refractivity contribution < 1.29 is 0 Å². The standard InChI is InChI=1S/C14H28N2/c1-4-15-14-7-8-16(12(3)10-14)11(2)9-13-5-6-13/h11-15H,4-10H2,1-3H3. The predicted octanol–water partition coefficient (Wildman–Crippen LogP) is 2.64. The lowest BCUT2D eigenvalue weighted by molar-refractivity contribution is 0.0890. The first-order valence-electron chi connectivity index (χ1n) is 7.19. The zero-order valence-corrected chi connectivity index (χ0v) is 11.2. The van der Waals surface area contributed by atoms with Gasteiger partial charge in [0.25, 0.3) is 0 Å². The van der Waals surface area contributed by atoms with Gasteiger partial charge in [-0.15, -0.1) is 0 Å².